The molecule has 4 aromatic rings. The number of carboxylic acid groups (broad SMARTS) is 1. The van der Waals surface area contributed by atoms with Gasteiger partial charge in [0.1, 0.15) is 12.6 Å². The lowest BCUT2D eigenvalue weighted by Gasteiger charge is -2.28. The number of anilines is 1. The minimum absolute atomic E-state index is 0.0840. The van der Waals surface area contributed by atoms with Gasteiger partial charge < -0.3 is 20.6 Å². The summed E-state index contributed by atoms with van der Waals surface area (Å²) in [5.74, 6) is -1.65. The van der Waals surface area contributed by atoms with E-state index in [-0.39, 0.29) is 31.0 Å². The van der Waals surface area contributed by atoms with Crippen LogP contribution in [0.5, 0.6) is 0 Å². The molecule has 0 radical (unpaired) electrons. The standard InChI is InChI=1S/C37H37N3O7/c1-37(2,39-36(45)47-46-24-26-10-4-3-5-11-26)22-33(41)38-31-21-20-28-12-6-9-15-32(28)40(34(31)42)23-25-16-18-27(19-17-25)29-13-7-8-14-30(29)35(43)44/h3-19,31H,20-24H2,1-2H3,(H,38,41)(H,39,45)(H,43,44). The molecule has 0 saturated heterocycles. The van der Waals surface area contributed by atoms with Crippen LogP contribution in [-0.2, 0) is 38.9 Å². The van der Waals surface area contributed by atoms with Crippen molar-refractivity contribution in [1.29, 1.82) is 0 Å². The highest BCUT2D eigenvalue weighted by atomic mass is 17.2. The maximum Gasteiger partial charge on any atom is 0.439 e. The summed E-state index contributed by atoms with van der Waals surface area (Å²) in [5.41, 5.74) is 4.02. The van der Waals surface area contributed by atoms with Crippen LogP contribution < -0.4 is 15.5 Å². The van der Waals surface area contributed by atoms with Gasteiger partial charge in [0.15, 0.2) is 0 Å². The lowest BCUT2D eigenvalue weighted by atomic mass is 9.98. The number of aromatic carboxylic acids is 1. The molecule has 1 unspecified atom stereocenters. The monoisotopic (exact) mass is 635 g/mol. The molecule has 4 aromatic carbocycles. The van der Waals surface area contributed by atoms with Gasteiger partial charge in [-0.05, 0) is 66.6 Å². The first kappa shape index (κ1) is 32.9. The van der Waals surface area contributed by atoms with Crippen molar-refractivity contribution in [2.24, 2.45) is 0 Å². The molecule has 10 nitrogen and oxygen atoms in total. The summed E-state index contributed by atoms with van der Waals surface area (Å²) in [7, 11) is 0. The third-order valence-corrected chi connectivity index (χ3v) is 7.89. The second kappa shape index (κ2) is 14.7. The number of carboxylic acids is 1. The second-order valence-corrected chi connectivity index (χ2v) is 12.1. The summed E-state index contributed by atoms with van der Waals surface area (Å²) in [4.78, 5) is 62.8. The van der Waals surface area contributed by atoms with Crippen molar-refractivity contribution in [3.8, 4) is 11.1 Å². The molecule has 1 heterocycles. The number of carbonyl (C=O) groups is 4. The van der Waals surface area contributed by atoms with E-state index in [1.54, 1.807) is 43.0 Å². The Hall–Kier alpha value is -5.48. The third kappa shape index (κ3) is 8.62. The van der Waals surface area contributed by atoms with E-state index in [2.05, 4.69) is 10.6 Å². The lowest BCUT2D eigenvalue weighted by Crippen LogP contribution is -2.51. The smallest absolute Gasteiger partial charge is 0.439 e. The van der Waals surface area contributed by atoms with E-state index in [0.29, 0.717) is 18.4 Å². The average Bonchev–Trinajstić information content (AvgIpc) is 3.17. The number of amides is 3. The summed E-state index contributed by atoms with van der Waals surface area (Å²) in [6.45, 7) is 3.70. The van der Waals surface area contributed by atoms with Gasteiger partial charge >= 0.3 is 12.1 Å². The number of carbonyl (C=O) groups excluding carboxylic acids is 3. The van der Waals surface area contributed by atoms with Gasteiger partial charge in [-0.1, -0.05) is 91.0 Å². The number of nitrogens with one attached hydrogen (secondary N) is 2. The molecular weight excluding hydrogens is 598 g/mol. The van der Waals surface area contributed by atoms with Crippen LogP contribution in [-0.4, -0.2) is 40.6 Å². The number of hydrogen-bond donors (Lipinski definition) is 3. The Morgan fingerprint density at radius 3 is 2.30 bits per heavy atom. The fourth-order valence-electron chi connectivity index (χ4n) is 5.62. The van der Waals surface area contributed by atoms with Crippen LogP contribution in [0.3, 0.4) is 0 Å². The molecule has 0 saturated carbocycles. The van der Waals surface area contributed by atoms with Crippen molar-refractivity contribution < 1.29 is 34.1 Å². The molecule has 1 atom stereocenters. The molecule has 0 spiro atoms. The maximum atomic E-state index is 14.0. The van der Waals surface area contributed by atoms with Crippen molar-refractivity contribution in [2.75, 3.05) is 4.90 Å². The van der Waals surface area contributed by atoms with Crippen LogP contribution in [0.1, 0.15) is 53.7 Å². The van der Waals surface area contributed by atoms with Crippen molar-refractivity contribution >= 4 is 29.6 Å². The molecule has 3 N–H and O–H groups in total. The fraction of sp³-hybridized carbons (Fsp3) is 0.243. The van der Waals surface area contributed by atoms with Gasteiger partial charge in [0, 0.05) is 17.6 Å². The van der Waals surface area contributed by atoms with Gasteiger partial charge in [-0.15, -0.1) is 0 Å². The maximum absolute atomic E-state index is 14.0. The fourth-order valence-corrected chi connectivity index (χ4v) is 5.62. The van der Waals surface area contributed by atoms with Crippen LogP contribution in [0.15, 0.2) is 103 Å². The van der Waals surface area contributed by atoms with Crippen molar-refractivity contribution in [2.45, 2.75) is 57.8 Å². The minimum atomic E-state index is -1.00. The second-order valence-electron chi connectivity index (χ2n) is 12.1. The number of hydrogen-bond acceptors (Lipinski definition) is 6. The molecule has 1 aliphatic rings. The molecule has 0 aliphatic carbocycles. The van der Waals surface area contributed by atoms with E-state index >= 15 is 0 Å². The largest absolute Gasteiger partial charge is 0.478 e. The van der Waals surface area contributed by atoms with Gasteiger partial charge in [0.2, 0.25) is 11.8 Å². The molecule has 5 rings (SSSR count). The Balaban J connectivity index is 1.23. The molecule has 0 fully saturated rings. The summed E-state index contributed by atoms with van der Waals surface area (Å²) in [6, 6.07) is 30.4. The summed E-state index contributed by atoms with van der Waals surface area (Å²) < 4.78 is 0. The van der Waals surface area contributed by atoms with Crippen LogP contribution >= 0.6 is 0 Å². The predicted octanol–water partition coefficient (Wildman–Crippen LogP) is 6.04. The molecule has 10 heteroatoms. The zero-order chi connectivity index (χ0) is 33.4. The molecule has 242 valence electrons. The molecular formula is C37H37N3O7. The van der Waals surface area contributed by atoms with E-state index in [0.717, 1.165) is 27.9 Å². The Morgan fingerprint density at radius 2 is 1.55 bits per heavy atom. The third-order valence-electron chi connectivity index (χ3n) is 7.89. The van der Waals surface area contributed by atoms with E-state index < -0.39 is 29.6 Å². The van der Waals surface area contributed by atoms with Gasteiger partial charge in [0.05, 0.1) is 12.1 Å². The SMILES string of the molecule is CC(C)(CC(=O)NC1CCc2ccccc2N(Cc2ccc(-c3ccccc3C(=O)O)cc2)C1=O)NC(=O)OOCc1ccccc1. The summed E-state index contributed by atoms with van der Waals surface area (Å²) in [6.07, 6.45) is 0.0626. The molecule has 0 bridgehead atoms. The highest BCUT2D eigenvalue weighted by Crippen LogP contribution is 2.30. The Kier molecular flexibility index (Phi) is 10.3. The van der Waals surface area contributed by atoms with Crippen LogP contribution in [0.2, 0.25) is 0 Å². The van der Waals surface area contributed by atoms with Crippen molar-refractivity contribution in [3.05, 3.63) is 125 Å². The van der Waals surface area contributed by atoms with E-state index in [1.165, 1.54) is 0 Å². The number of fused-ring (bicyclic) bond motifs is 1. The summed E-state index contributed by atoms with van der Waals surface area (Å²) in [5, 5.41) is 15.1. The van der Waals surface area contributed by atoms with Crippen molar-refractivity contribution in [1.82, 2.24) is 10.6 Å². The highest BCUT2D eigenvalue weighted by Gasteiger charge is 2.33. The number of rotatable bonds is 11. The Labute approximate surface area is 273 Å². The summed E-state index contributed by atoms with van der Waals surface area (Å²) >= 11 is 0. The van der Waals surface area contributed by atoms with Crippen LogP contribution in [0.4, 0.5) is 10.5 Å². The topological polar surface area (TPSA) is 134 Å². The van der Waals surface area contributed by atoms with E-state index in [1.807, 2.05) is 78.9 Å². The number of nitrogens with zero attached hydrogens (tertiary/aromatic N) is 1. The van der Waals surface area contributed by atoms with Crippen LogP contribution in [0.25, 0.3) is 11.1 Å². The van der Waals surface area contributed by atoms with Gasteiger partial charge in [-0.25, -0.2) is 9.59 Å². The quantitative estimate of drug-likeness (QED) is 0.135. The lowest BCUT2D eigenvalue weighted by molar-refractivity contribution is -0.249. The first-order valence-corrected chi connectivity index (χ1v) is 15.4. The van der Waals surface area contributed by atoms with Crippen molar-refractivity contribution in [3.63, 3.8) is 0 Å². The van der Waals surface area contributed by atoms with Gasteiger partial charge in [-0.2, -0.15) is 4.89 Å². The zero-order valence-electron chi connectivity index (χ0n) is 26.3. The molecule has 3 amide bonds. The van der Waals surface area contributed by atoms with Gasteiger partial charge in [-0.3, -0.25) is 14.5 Å². The molecule has 47 heavy (non-hydrogen) atoms. The first-order valence-electron chi connectivity index (χ1n) is 15.4. The highest BCUT2D eigenvalue weighted by molar-refractivity contribution is 6.00. The minimum Gasteiger partial charge on any atom is -0.478 e. The molecule has 0 aromatic heterocycles. The number of benzene rings is 4. The average molecular weight is 636 g/mol. The van der Waals surface area contributed by atoms with E-state index in [9.17, 15) is 24.3 Å². The Bertz CT molecular complexity index is 1740. The van der Waals surface area contributed by atoms with Gasteiger partial charge in [0.25, 0.3) is 0 Å². The van der Waals surface area contributed by atoms with Crippen LogP contribution in [0, 0.1) is 0 Å². The number of para-hydroxylation sites is 1. The number of aryl methyl sites for hydroxylation is 1. The normalized spacial score (nSPS) is 14.5. The Morgan fingerprint density at radius 1 is 0.872 bits per heavy atom. The first-order chi connectivity index (χ1) is 22.6. The predicted molar refractivity (Wildman–Crippen MR) is 176 cm³/mol. The van der Waals surface area contributed by atoms with E-state index in [4.69, 9.17) is 9.78 Å². The molecule has 1 aliphatic heterocycles. The zero-order valence-corrected chi connectivity index (χ0v) is 26.3.